The van der Waals surface area contributed by atoms with Crippen molar-refractivity contribution in [1.82, 2.24) is 0 Å². The SMILES string of the molecule is CSc1cccc(N)c1CN. The Morgan fingerprint density at radius 3 is 2.64 bits per heavy atom. The molecule has 2 nitrogen and oxygen atoms in total. The highest BCUT2D eigenvalue weighted by Gasteiger charge is 2.01. The van der Waals surface area contributed by atoms with E-state index in [1.165, 1.54) is 4.90 Å². The zero-order valence-corrected chi connectivity index (χ0v) is 7.32. The number of hydrogen-bond donors (Lipinski definition) is 2. The van der Waals surface area contributed by atoms with Crippen molar-refractivity contribution in [2.45, 2.75) is 11.4 Å². The number of nitrogens with two attached hydrogens (primary N) is 2. The third-order valence-corrected chi connectivity index (χ3v) is 2.42. The average molecular weight is 168 g/mol. The first-order valence-corrected chi connectivity index (χ1v) is 4.63. The van der Waals surface area contributed by atoms with Crippen LogP contribution < -0.4 is 11.5 Å². The van der Waals surface area contributed by atoms with Gasteiger partial charge in [-0.2, -0.15) is 0 Å². The molecule has 0 fully saturated rings. The summed E-state index contributed by atoms with van der Waals surface area (Å²) < 4.78 is 0. The van der Waals surface area contributed by atoms with E-state index in [1.54, 1.807) is 11.8 Å². The second-order valence-electron chi connectivity index (χ2n) is 2.23. The summed E-state index contributed by atoms with van der Waals surface area (Å²) >= 11 is 1.67. The Balaban J connectivity index is 3.13. The van der Waals surface area contributed by atoms with Gasteiger partial charge >= 0.3 is 0 Å². The van der Waals surface area contributed by atoms with Crippen LogP contribution in [0.1, 0.15) is 5.56 Å². The van der Waals surface area contributed by atoms with E-state index < -0.39 is 0 Å². The van der Waals surface area contributed by atoms with Crippen LogP contribution in [0, 0.1) is 0 Å². The second kappa shape index (κ2) is 3.64. The van der Waals surface area contributed by atoms with Crippen molar-refractivity contribution < 1.29 is 0 Å². The highest BCUT2D eigenvalue weighted by Crippen LogP contribution is 2.24. The van der Waals surface area contributed by atoms with Gasteiger partial charge in [-0.25, -0.2) is 0 Å². The number of benzene rings is 1. The van der Waals surface area contributed by atoms with Crippen molar-refractivity contribution in [3.63, 3.8) is 0 Å². The number of nitrogen functional groups attached to an aromatic ring is 1. The molecule has 0 aliphatic rings. The van der Waals surface area contributed by atoms with E-state index in [2.05, 4.69) is 0 Å². The van der Waals surface area contributed by atoms with Crippen LogP contribution >= 0.6 is 11.8 Å². The van der Waals surface area contributed by atoms with Crippen molar-refractivity contribution in [3.05, 3.63) is 23.8 Å². The summed E-state index contributed by atoms with van der Waals surface area (Å²) in [7, 11) is 0. The van der Waals surface area contributed by atoms with Gasteiger partial charge in [0, 0.05) is 22.7 Å². The van der Waals surface area contributed by atoms with Gasteiger partial charge in [-0.1, -0.05) is 6.07 Å². The zero-order chi connectivity index (χ0) is 8.27. The Morgan fingerprint density at radius 2 is 2.18 bits per heavy atom. The molecule has 4 N–H and O–H groups in total. The lowest BCUT2D eigenvalue weighted by atomic mass is 10.2. The van der Waals surface area contributed by atoms with E-state index in [-0.39, 0.29) is 0 Å². The van der Waals surface area contributed by atoms with Crippen LogP contribution in [0.2, 0.25) is 0 Å². The smallest absolute Gasteiger partial charge is 0.0370 e. The first-order chi connectivity index (χ1) is 5.29. The minimum Gasteiger partial charge on any atom is -0.398 e. The molecule has 3 heteroatoms. The Kier molecular flexibility index (Phi) is 2.79. The Morgan fingerprint density at radius 1 is 1.45 bits per heavy atom. The lowest BCUT2D eigenvalue weighted by molar-refractivity contribution is 1.03. The molecular formula is C8H12N2S. The summed E-state index contributed by atoms with van der Waals surface area (Å²) in [5, 5.41) is 0. The van der Waals surface area contributed by atoms with Gasteiger partial charge in [0.25, 0.3) is 0 Å². The maximum Gasteiger partial charge on any atom is 0.0370 e. The predicted octanol–water partition coefficient (Wildman–Crippen LogP) is 1.45. The monoisotopic (exact) mass is 168 g/mol. The summed E-state index contributed by atoms with van der Waals surface area (Å²) in [4.78, 5) is 1.17. The van der Waals surface area contributed by atoms with Gasteiger partial charge in [0.2, 0.25) is 0 Å². The molecule has 1 aromatic rings. The largest absolute Gasteiger partial charge is 0.398 e. The minimum atomic E-state index is 0.517. The molecule has 11 heavy (non-hydrogen) atoms. The normalized spacial score (nSPS) is 10.0. The van der Waals surface area contributed by atoms with Crippen molar-refractivity contribution in [1.29, 1.82) is 0 Å². The molecule has 0 aliphatic carbocycles. The molecule has 0 radical (unpaired) electrons. The molecule has 0 saturated heterocycles. The van der Waals surface area contributed by atoms with Crippen LogP contribution in [0.4, 0.5) is 5.69 Å². The van der Waals surface area contributed by atoms with Gasteiger partial charge in [0.15, 0.2) is 0 Å². The molecule has 0 aliphatic heterocycles. The molecule has 60 valence electrons. The molecule has 0 saturated carbocycles. The predicted molar refractivity (Wildman–Crippen MR) is 50.5 cm³/mol. The summed E-state index contributed by atoms with van der Waals surface area (Å²) in [6.07, 6.45) is 2.02. The van der Waals surface area contributed by atoms with Crippen molar-refractivity contribution in [2.24, 2.45) is 5.73 Å². The van der Waals surface area contributed by atoms with Crippen LogP contribution in [-0.2, 0) is 6.54 Å². The molecule has 1 aromatic carbocycles. The third kappa shape index (κ3) is 1.67. The van der Waals surface area contributed by atoms with Crippen LogP contribution in [0.25, 0.3) is 0 Å². The fourth-order valence-corrected chi connectivity index (χ4v) is 1.65. The molecule has 0 unspecified atom stereocenters. The number of hydrogen-bond acceptors (Lipinski definition) is 3. The van der Waals surface area contributed by atoms with E-state index in [1.807, 2.05) is 24.5 Å². The van der Waals surface area contributed by atoms with E-state index >= 15 is 0 Å². The van der Waals surface area contributed by atoms with E-state index in [9.17, 15) is 0 Å². The van der Waals surface area contributed by atoms with Gasteiger partial charge in [0.1, 0.15) is 0 Å². The fourth-order valence-electron chi connectivity index (χ4n) is 0.992. The van der Waals surface area contributed by atoms with Gasteiger partial charge in [-0.05, 0) is 18.4 Å². The first-order valence-electron chi connectivity index (χ1n) is 3.41. The lowest BCUT2D eigenvalue weighted by Gasteiger charge is -2.06. The minimum absolute atomic E-state index is 0.517. The summed E-state index contributed by atoms with van der Waals surface area (Å²) in [5.41, 5.74) is 13.1. The number of rotatable bonds is 2. The maximum absolute atomic E-state index is 5.71. The number of thioether (sulfide) groups is 1. The number of anilines is 1. The molecule has 0 atom stereocenters. The highest BCUT2D eigenvalue weighted by molar-refractivity contribution is 7.98. The van der Waals surface area contributed by atoms with Crippen LogP contribution in [0.3, 0.4) is 0 Å². The van der Waals surface area contributed by atoms with E-state index in [0.29, 0.717) is 6.54 Å². The van der Waals surface area contributed by atoms with Crippen LogP contribution in [0.15, 0.2) is 23.1 Å². The fraction of sp³-hybridized carbons (Fsp3) is 0.250. The molecular weight excluding hydrogens is 156 g/mol. The first kappa shape index (κ1) is 8.43. The standard InChI is InChI=1S/C8H12N2S/c1-11-8-4-2-3-7(10)6(8)5-9/h2-4H,5,9-10H2,1H3. The quantitative estimate of drug-likeness (QED) is 0.519. The molecule has 0 heterocycles. The topological polar surface area (TPSA) is 52.0 Å². The highest BCUT2D eigenvalue weighted by atomic mass is 32.2. The summed E-state index contributed by atoms with van der Waals surface area (Å²) in [5.74, 6) is 0. The summed E-state index contributed by atoms with van der Waals surface area (Å²) in [6, 6.07) is 5.85. The molecule has 1 rings (SSSR count). The van der Waals surface area contributed by atoms with Gasteiger partial charge in [0.05, 0.1) is 0 Å². The Labute approximate surface area is 71.0 Å². The zero-order valence-electron chi connectivity index (χ0n) is 6.50. The van der Waals surface area contributed by atoms with Crippen molar-refractivity contribution in [2.75, 3.05) is 12.0 Å². The van der Waals surface area contributed by atoms with Gasteiger partial charge < -0.3 is 11.5 Å². The van der Waals surface area contributed by atoms with Crippen LogP contribution in [-0.4, -0.2) is 6.26 Å². The average Bonchev–Trinajstić information content (AvgIpc) is 2.04. The molecule has 0 amide bonds. The van der Waals surface area contributed by atoms with E-state index in [0.717, 1.165) is 11.3 Å². The van der Waals surface area contributed by atoms with Crippen molar-refractivity contribution >= 4 is 17.4 Å². The third-order valence-electron chi connectivity index (χ3n) is 1.59. The summed E-state index contributed by atoms with van der Waals surface area (Å²) in [6.45, 7) is 0.517. The van der Waals surface area contributed by atoms with Crippen LogP contribution in [0.5, 0.6) is 0 Å². The molecule has 0 aromatic heterocycles. The Bertz CT molecular complexity index is 248. The van der Waals surface area contributed by atoms with E-state index in [4.69, 9.17) is 11.5 Å². The molecule has 0 bridgehead atoms. The lowest BCUT2D eigenvalue weighted by Crippen LogP contribution is -2.02. The van der Waals surface area contributed by atoms with Gasteiger partial charge in [-0.15, -0.1) is 11.8 Å². The maximum atomic E-state index is 5.71. The van der Waals surface area contributed by atoms with Gasteiger partial charge in [-0.3, -0.25) is 0 Å². The Hall–Kier alpha value is -0.670. The second-order valence-corrected chi connectivity index (χ2v) is 3.08. The van der Waals surface area contributed by atoms with Crippen molar-refractivity contribution in [3.8, 4) is 0 Å². The molecule has 0 spiro atoms.